The van der Waals surface area contributed by atoms with Gasteiger partial charge in [0.25, 0.3) is 0 Å². The van der Waals surface area contributed by atoms with Crippen LogP contribution < -0.4 is 5.32 Å². The molecule has 0 fully saturated rings. The van der Waals surface area contributed by atoms with Gasteiger partial charge in [-0.05, 0) is 29.8 Å². The molecule has 24 heavy (non-hydrogen) atoms. The van der Waals surface area contributed by atoms with E-state index in [-0.39, 0.29) is 12.2 Å². The first-order valence-corrected chi connectivity index (χ1v) is 9.22. The number of carbonyl (C=O) groups is 1. The van der Waals surface area contributed by atoms with E-state index in [1.807, 2.05) is 0 Å². The Hall–Kier alpha value is -1.96. The molecule has 2 aromatic rings. The fourth-order valence-electron chi connectivity index (χ4n) is 2.03. The SMILES string of the molecule is CS(=O)(=O)N(CC(=O)Nc1cccc(F)c1)Cc1ccccc1Cl. The molecule has 2 aromatic carbocycles. The van der Waals surface area contributed by atoms with E-state index >= 15 is 0 Å². The van der Waals surface area contributed by atoms with E-state index in [4.69, 9.17) is 11.6 Å². The van der Waals surface area contributed by atoms with Gasteiger partial charge in [-0.1, -0.05) is 35.9 Å². The van der Waals surface area contributed by atoms with Crippen LogP contribution in [0.5, 0.6) is 0 Å². The van der Waals surface area contributed by atoms with Crippen molar-refractivity contribution >= 4 is 33.2 Å². The number of nitrogens with one attached hydrogen (secondary N) is 1. The first-order valence-electron chi connectivity index (χ1n) is 6.99. The molecule has 8 heteroatoms. The van der Waals surface area contributed by atoms with Crippen molar-refractivity contribution in [2.75, 3.05) is 18.1 Å². The summed E-state index contributed by atoms with van der Waals surface area (Å²) in [4.78, 5) is 12.1. The second-order valence-electron chi connectivity index (χ2n) is 5.18. The highest BCUT2D eigenvalue weighted by Gasteiger charge is 2.21. The molecule has 0 saturated carbocycles. The molecular weight excluding hydrogens is 355 g/mol. The summed E-state index contributed by atoms with van der Waals surface area (Å²) < 4.78 is 38.0. The lowest BCUT2D eigenvalue weighted by Gasteiger charge is -2.20. The minimum absolute atomic E-state index is 0.0327. The number of anilines is 1. The zero-order valence-electron chi connectivity index (χ0n) is 12.9. The van der Waals surface area contributed by atoms with Gasteiger partial charge < -0.3 is 5.32 Å². The molecule has 0 spiro atoms. The van der Waals surface area contributed by atoms with E-state index in [1.165, 1.54) is 18.2 Å². The maximum absolute atomic E-state index is 13.1. The first kappa shape index (κ1) is 18.4. The van der Waals surface area contributed by atoms with Gasteiger partial charge in [-0.3, -0.25) is 4.79 Å². The van der Waals surface area contributed by atoms with Crippen LogP contribution in [-0.2, 0) is 21.4 Å². The average molecular weight is 371 g/mol. The van der Waals surface area contributed by atoms with Crippen molar-refractivity contribution in [3.05, 3.63) is 64.9 Å². The van der Waals surface area contributed by atoms with E-state index in [0.717, 1.165) is 16.6 Å². The maximum Gasteiger partial charge on any atom is 0.239 e. The van der Waals surface area contributed by atoms with Gasteiger partial charge >= 0.3 is 0 Å². The van der Waals surface area contributed by atoms with Crippen LogP contribution in [-0.4, -0.2) is 31.4 Å². The molecule has 1 amide bonds. The number of hydrogen-bond acceptors (Lipinski definition) is 3. The smallest absolute Gasteiger partial charge is 0.239 e. The van der Waals surface area contributed by atoms with Crippen LogP contribution in [0.1, 0.15) is 5.56 Å². The van der Waals surface area contributed by atoms with Gasteiger partial charge in [0, 0.05) is 17.3 Å². The van der Waals surface area contributed by atoms with Crippen LogP contribution >= 0.6 is 11.6 Å². The Kier molecular flexibility index (Phi) is 5.93. The summed E-state index contributed by atoms with van der Waals surface area (Å²) in [6.45, 7) is -0.435. The van der Waals surface area contributed by atoms with E-state index in [9.17, 15) is 17.6 Å². The standard InChI is InChI=1S/C16H16ClFN2O3S/c1-24(22,23)20(10-12-5-2-3-8-15(12)17)11-16(21)19-14-7-4-6-13(18)9-14/h2-9H,10-11H2,1H3,(H,19,21). The van der Waals surface area contributed by atoms with Crippen molar-refractivity contribution in [2.24, 2.45) is 0 Å². The Morgan fingerprint density at radius 3 is 2.54 bits per heavy atom. The molecule has 0 bridgehead atoms. The molecule has 1 N–H and O–H groups in total. The Bertz CT molecular complexity index is 843. The van der Waals surface area contributed by atoms with Crippen LogP contribution in [0.3, 0.4) is 0 Å². The first-order chi connectivity index (χ1) is 11.3. The largest absolute Gasteiger partial charge is 0.325 e. The number of halogens is 2. The molecule has 0 heterocycles. The second kappa shape index (κ2) is 7.74. The Balaban J connectivity index is 2.12. The van der Waals surface area contributed by atoms with Crippen molar-refractivity contribution < 1.29 is 17.6 Å². The molecule has 5 nitrogen and oxygen atoms in total. The van der Waals surface area contributed by atoms with Crippen LogP contribution in [0, 0.1) is 5.82 Å². The minimum atomic E-state index is -3.64. The summed E-state index contributed by atoms with van der Waals surface area (Å²) in [7, 11) is -3.64. The highest BCUT2D eigenvalue weighted by atomic mass is 35.5. The zero-order valence-corrected chi connectivity index (χ0v) is 14.4. The average Bonchev–Trinajstić information content (AvgIpc) is 2.47. The fourth-order valence-corrected chi connectivity index (χ4v) is 2.95. The van der Waals surface area contributed by atoms with Crippen LogP contribution in [0.15, 0.2) is 48.5 Å². The lowest BCUT2D eigenvalue weighted by molar-refractivity contribution is -0.116. The molecule has 0 aliphatic carbocycles. The molecule has 0 aliphatic heterocycles. The molecule has 0 aromatic heterocycles. The summed E-state index contributed by atoms with van der Waals surface area (Å²) in [6, 6.07) is 12.1. The molecule has 0 unspecified atom stereocenters. The van der Waals surface area contributed by atoms with Crippen molar-refractivity contribution in [3.8, 4) is 0 Å². The molecule has 0 radical (unpaired) electrons. The van der Waals surface area contributed by atoms with E-state index in [1.54, 1.807) is 24.3 Å². The number of hydrogen-bond donors (Lipinski definition) is 1. The normalized spacial score (nSPS) is 11.5. The van der Waals surface area contributed by atoms with Gasteiger partial charge in [0.1, 0.15) is 5.82 Å². The lowest BCUT2D eigenvalue weighted by Crippen LogP contribution is -2.37. The van der Waals surface area contributed by atoms with Gasteiger partial charge in [0.05, 0.1) is 12.8 Å². The Morgan fingerprint density at radius 1 is 1.21 bits per heavy atom. The second-order valence-corrected chi connectivity index (χ2v) is 7.57. The molecular formula is C16H16ClFN2O3S. The molecule has 0 atom stereocenters. The van der Waals surface area contributed by atoms with Gasteiger partial charge in [-0.2, -0.15) is 4.31 Å². The predicted octanol–water partition coefficient (Wildman–Crippen LogP) is 2.88. The number of benzene rings is 2. The predicted molar refractivity (Wildman–Crippen MR) is 91.7 cm³/mol. The topological polar surface area (TPSA) is 66.5 Å². The molecule has 0 saturated heterocycles. The van der Waals surface area contributed by atoms with Crippen molar-refractivity contribution in [2.45, 2.75) is 6.54 Å². The molecule has 2 rings (SSSR count). The monoisotopic (exact) mass is 370 g/mol. The number of amides is 1. The summed E-state index contributed by atoms with van der Waals surface area (Å²) >= 11 is 6.04. The number of rotatable bonds is 6. The third-order valence-corrected chi connectivity index (χ3v) is 4.77. The van der Waals surface area contributed by atoms with Crippen LogP contribution in [0.2, 0.25) is 5.02 Å². The van der Waals surface area contributed by atoms with Crippen molar-refractivity contribution in [1.29, 1.82) is 0 Å². The van der Waals surface area contributed by atoms with E-state index in [2.05, 4.69) is 5.32 Å². The summed E-state index contributed by atoms with van der Waals surface area (Å²) in [5.74, 6) is -1.07. The third kappa shape index (κ3) is 5.30. The number of carbonyl (C=O) groups excluding carboxylic acids is 1. The van der Waals surface area contributed by atoms with Crippen molar-refractivity contribution in [3.63, 3.8) is 0 Å². The van der Waals surface area contributed by atoms with E-state index < -0.39 is 28.3 Å². The highest BCUT2D eigenvalue weighted by molar-refractivity contribution is 7.88. The van der Waals surface area contributed by atoms with Gasteiger partial charge in [-0.15, -0.1) is 0 Å². The molecule has 128 valence electrons. The van der Waals surface area contributed by atoms with Crippen molar-refractivity contribution in [1.82, 2.24) is 4.31 Å². The number of nitrogens with zero attached hydrogens (tertiary/aromatic N) is 1. The maximum atomic E-state index is 13.1. The summed E-state index contributed by atoms with van der Waals surface area (Å²) in [5.41, 5.74) is 0.842. The fraction of sp³-hybridized carbons (Fsp3) is 0.188. The van der Waals surface area contributed by atoms with Gasteiger partial charge in [0.2, 0.25) is 15.9 Å². The Labute approximate surface area is 145 Å². The third-order valence-electron chi connectivity index (χ3n) is 3.20. The van der Waals surface area contributed by atoms with Crippen LogP contribution in [0.4, 0.5) is 10.1 Å². The lowest BCUT2D eigenvalue weighted by atomic mass is 10.2. The Morgan fingerprint density at radius 2 is 1.92 bits per heavy atom. The molecule has 0 aliphatic rings. The summed E-state index contributed by atoms with van der Waals surface area (Å²) in [5, 5.41) is 2.88. The van der Waals surface area contributed by atoms with Gasteiger partial charge in [-0.25, -0.2) is 12.8 Å². The van der Waals surface area contributed by atoms with Crippen LogP contribution in [0.25, 0.3) is 0 Å². The highest BCUT2D eigenvalue weighted by Crippen LogP contribution is 2.18. The summed E-state index contributed by atoms with van der Waals surface area (Å²) in [6.07, 6.45) is 1.01. The van der Waals surface area contributed by atoms with Gasteiger partial charge in [0.15, 0.2) is 0 Å². The zero-order chi connectivity index (χ0) is 17.7. The quantitative estimate of drug-likeness (QED) is 0.850. The number of sulfonamides is 1. The minimum Gasteiger partial charge on any atom is -0.325 e. The van der Waals surface area contributed by atoms with E-state index in [0.29, 0.717) is 10.6 Å².